The molecule has 2 aromatic carbocycles. The van der Waals surface area contributed by atoms with Crippen LogP contribution in [0.25, 0.3) is 22.0 Å². The van der Waals surface area contributed by atoms with Gasteiger partial charge in [0.1, 0.15) is 35.3 Å². The number of aryl methyl sites for hydroxylation is 1. The highest BCUT2D eigenvalue weighted by molar-refractivity contribution is 6.34. The number of amides is 1. The number of nitrogens with zero attached hydrogens (tertiary/aromatic N) is 6. The quantitative estimate of drug-likeness (QED) is 0.302. The van der Waals surface area contributed by atoms with Gasteiger partial charge in [-0.1, -0.05) is 24.2 Å². The molecule has 0 saturated carbocycles. The molecule has 1 N–H and O–H groups in total. The molecule has 9 nitrogen and oxygen atoms in total. The van der Waals surface area contributed by atoms with Crippen molar-refractivity contribution in [1.29, 1.82) is 0 Å². The Kier molecular flexibility index (Phi) is 7.81. The molecule has 0 spiro atoms. The maximum atomic E-state index is 16.3. The molecule has 0 bridgehead atoms. The van der Waals surface area contributed by atoms with Crippen molar-refractivity contribution in [1.82, 2.24) is 24.4 Å². The van der Waals surface area contributed by atoms with Gasteiger partial charge in [0.2, 0.25) is 5.91 Å². The Bertz CT molecular complexity index is 1620. The van der Waals surface area contributed by atoms with Gasteiger partial charge in [-0.25, -0.2) is 13.8 Å². The number of benzene rings is 2. The fourth-order valence-corrected chi connectivity index (χ4v) is 5.44. The zero-order chi connectivity index (χ0) is 29.4. The highest BCUT2D eigenvalue weighted by atomic mass is 35.5. The fourth-order valence-electron chi connectivity index (χ4n) is 5.15. The van der Waals surface area contributed by atoms with Crippen LogP contribution in [-0.2, 0) is 11.3 Å². The number of hydrogen-bond acceptors (Lipinski definition) is 7. The van der Waals surface area contributed by atoms with Crippen molar-refractivity contribution in [2.45, 2.75) is 39.4 Å². The molecule has 1 amide bonds. The Balaban J connectivity index is 1.63. The Labute approximate surface area is 240 Å². The molecule has 0 unspecified atom stereocenters. The predicted octanol–water partition coefficient (Wildman–Crippen LogP) is 5.13. The van der Waals surface area contributed by atoms with E-state index in [1.807, 2.05) is 36.4 Å². The van der Waals surface area contributed by atoms with Crippen molar-refractivity contribution >= 4 is 34.2 Å². The summed E-state index contributed by atoms with van der Waals surface area (Å²) in [5.41, 5.74) is -0.828. The van der Waals surface area contributed by atoms with E-state index < -0.39 is 17.4 Å². The topological polar surface area (TPSA) is 96.6 Å². The molecular formula is C29H29ClF2N6O3. The van der Waals surface area contributed by atoms with Gasteiger partial charge < -0.3 is 24.2 Å². The molecule has 1 fully saturated rings. The zero-order valence-corrected chi connectivity index (χ0v) is 23.6. The molecule has 12 heteroatoms. The smallest absolute Gasteiger partial charge is 0.319 e. The Morgan fingerprint density at radius 1 is 1.22 bits per heavy atom. The molecule has 1 aliphatic rings. The van der Waals surface area contributed by atoms with E-state index in [1.165, 1.54) is 24.3 Å². The van der Waals surface area contributed by atoms with E-state index in [0.29, 0.717) is 25.5 Å². The summed E-state index contributed by atoms with van der Waals surface area (Å²) in [6.45, 7) is 10.7. The maximum Gasteiger partial charge on any atom is 0.319 e. The van der Waals surface area contributed by atoms with Crippen molar-refractivity contribution in [3.05, 3.63) is 71.8 Å². The molecule has 2 aromatic heterocycles. The summed E-state index contributed by atoms with van der Waals surface area (Å²) in [6.07, 6.45) is 4.77. The number of carbonyl (C=O) groups is 1. The van der Waals surface area contributed by atoms with Gasteiger partial charge in [-0.15, -0.1) is 0 Å². The first-order valence-electron chi connectivity index (χ1n) is 13.1. The van der Waals surface area contributed by atoms with Gasteiger partial charge in [0.25, 0.3) is 0 Å². The van der Waals surface area contributed by atoms with Crippen LogP contribution in [0.1, 0.15) is 19.7 Å². The molecule has 5 rings (SSSR count). The number of carbonyl (C=O) groups excluding carboxylic acids is 1. The summed E-state index contributed by atoms with van der Waals surface area (Å²) >= 11 is 6.55. The first-order chi connectivity index (χ1) is 19.6. The van der Waals surface area contributed by atoms with Crippen LogP contribution in [0.5, 0.6) is 11.8 Å². The number of aromatic nitrogens is 4. The monoisotopic (exact) mass is 582 g/mol. The third-order valence-corrected chi connectivity index (χ3v) is 7.58. The third-order valence-electron chi connectivity index (χ3n) is 7.29. The highest BCUT2D eigenvalue weighted by Gasteiger charge is 2.34. The summed E-state index contributed by atoms with van der Waals surface area (Å²) in [4.78, 5) is 29.3. The molecular weight excluding hydrogens is 554 g/mol. The standard InChI is InChI=1S/C29H29ClF2N6O3/c1-5-23(40)37-14-17(3)38(15-16(37)2)28-19-13-20(30)24(25-21(31)7-6-8-22(25)39)26(32)27(19)34-29(35-28)41-12-11-36-10-9-33-18(36)4/h5-10,13,16-17,39H,1,11-12,14-15H2,2-4H3/t16-,17+/m1/s1. The molecule has 41 heavy (non-hydrogen) atoms. The number of phenols is 1. The second-order valence-corrected chi connectivity index (χ2v) is 10.4. The molecule has 0 radical (unpaired) electrons. The number of rotatable bonds is 7. The Hall–Kier alpha value is -4.25. The van der Waals surface area contributed by atoms with Crippen LogP contribution in [0.2, 0.25) is 5.02 Å². The van der Waals surface area contributed by atoms with Crippen molar-refractivity contribution in [2.75, 3.05) is 24.6 Å². The van der Waals surface area contributed by atoms with Crippen LogP contribution in [-0.4, -0.2) is 67.2 Å². The predicted molar refractivity (Wildman–Crippen MR) is 152 cm³/mol. The summed E-state index contributed by atoms with van der Waals surface area (Å²) in [5.74, 6) is -1.24. The molecule has 0 aliphatic carbocycles. The van der Waals surface area contributed by atoms with E-state index in [2.05, 4.69) is 21.5 Å². The summed E-state index contributed by atoms with van der Waals surface area (Å²) < 4.78 is 38.9. The highest BCUT2D eigenvalue weighted by Crippen LogP contribution is 2.43. The normalized spacial score (nSPS) is 17.2. The van der Waals surface area contributed by atoms with Crippen LogP contribution in [0.15, 0.2) is 49.3 Å². The average molecular weight is 583 g/mol. The second kappa shape index (κ2) is 11.3. The first kappa shape index (κ1) is 28.3. The number of piperazine rings is 1. The minimum atomic E-state index is -0.923. The number of fused-ring (bicyclic) bond motifs is 1. The van der Waals surface area contributed by atoms with Crippen LogP contribution in [0.3, 0.4) is 0 Å². The van der Waals surface area contributed by atoms with E-state index >= 15 is 4.39 Å². The minimum Gasteiger partial charge on any atom is -0.507 e. The summed E-state index contributed by atoms with van der Waals surface area (Å²) in [5, 5.41) is 10.5. The van der Waals surface area contributed by atoms with Crippen LogP contribution >= 0.6 is 11.6 Å². The lowest BCUT2D eigenvalue weighted by Crippen LogP contribution is -2.58. The van der Waals surface area contributed by atoms with Crippen molar-refractivity contribution in [3.8, 4) is 22.9 Å². The van der Waals surface area contributed by atoms with Gasteiger partial charge in [-0.05, 0) is 45.0 Å². The van der Waals surface area contributed by atoms with E-state index in [-0.39, 0.29) is 57.7 Å². The average Bonchev–Trinajstić information content (AvgIpc) is 3.35. The number of imidazole rings is 1. The number of phenolic OH excluding ortho intramolecular Hbond substituents is 1. The van der Waals surface area contributed by atoms with Crippen molar-refractivity contribution in [3.63, 3.8) is 0 Å². The van der Waals surface area contributed by atoms with Crippen LogP contribution < -0.4 is 9.64 Å². The number of anilines is 1. The number of hydrogen-bond donors (Lipinski definition) is 1. The number of halogens is 3. The third kappa shape index (κ3) is 5.29. The van der Waals surface area contributed by atoms with E-state index in [4.69, 9.17) is 16.3 Å². The second-order valence-electron chi connectivity index (χ2n) is 9.97. The molecule has 3 heterocycles. The lowest BCUT2D eigenvalue weighted by Gasteiger charge is -2.44. The van der Waals surface area contributed by atoms with Crippen LogP contribution in [0.4, 0.5) is 14.6 Å². The Morgan fingerprint density at radius 3 is 2.68 bits per heavy atom. The minimum absolute atomic E-state index is 0.0837. The summed E-state index contributed by atoms with van der Waals surface area (Å²) in [6, 6.07) is 4.64. The molecule has 214 valence electrons. The summed E-state index contributed by atoms with van der Waals surface area (Å²) in [7, 11) is 0. The van der Waals surface area contributed by atoms with E-state index in [9.17, 15) is 14.3 Å². The van der Waals surface area contributed by atoms with Crippen molar-refractivity contribution < 1.29 is 23.4 Å². The van der Waals surface area contributed by atoms with Gasteiger partial charge >= 0.3 is 6.01 Å². The largest absolute Gasteiger partial charge is 0.507 e. The van der Waals surface area contributed by atoms with Gasteiger partial charge in [-0.3, -0.25) is 4.79 Å². The molecule has 1 aliphatic heterocycles. The van der Waals surface area contributed by atoms with Crippen LogP contribution in [0, 0.1) is 18.6 Å². The van der Waals surface area contributed by atoms with E-state index in [0.717, 1.165) is 11.9 Å². The first-order valence-corrected chi connectivity index (χ1v) is 13.5. The lowest BCUT2D eigenvalue weighted by molar-refractivity contribution is -0.128. The van der Waals surface area contributed by atoms with Gasteiger partial charge in [0.15, 0.2) is 5.82 Å². The van der Waals surface area contributed by atoms with Gasteiger partial charge in [0, 0.05) is 48.5 Å². The molecule has 2 atom stereocenters. The fraction of sp³-hybridized carbons (Fsp3) is 0.310. The number of ether oxygens (including phenoxy) is 1. The maximum absolute atomic E-state index is 16.3. The Morgan fingerprint density at radius 2 is 2.00 bits per heavy atom. The van der Waals surface area contributed by atoms with Gasteiger partial charge in [-0.2, -0.15) is 9.97 Å². The van der Waals surface area contributed by atoms with Gasteiger partial charge in [0.05, 0.1) is 17.1 Å². The number of aromatic hydroxyl groups is 1. The molecule has 4 aromatic rings. The SMILES string of the molecule is C=CC(=O)N1C[C@H](C)N(c2nc(OCCn3ccnc3C)nc3c(F)c(-c4c(O)cccc4F)c(Cl)cc23)C[C@H]1C. The molecule has 1 saturated heterocycles. The van der Waals surface area contributed by atoms with Crippen molar-refractivity contribution in [2.24, 2.45) is 0 Å². The lowest BCUT2D eigenvalue weighted by atomic mass is 10.0. The van der Waals surface area contributed by atoms with E-state index in [1.54, 1.807) is 11.1 Å². The zero-order valence-electron chi connectivity index (χ0n) is 22.8.